The average molecular weight is 280 g/mol. The Hall–Kier alpha value is -1.36. The fourth-order valence-electron chi connectivity index (χ4n) is 1.93. The van der Waals surface area contributed by atoms with Crippen molar-refractivity contribution in [2.24, 2.45) is 4.99 Å². The molecule has 0 aliphatic carbocycles. The lowest BCUT2D eigenvalue weighted by Crippen LogP contribution is -2.26. The molecule has 1 heterocycles. The van der Waals surface area contributed by atoms with Crippen LogP contribution in [0.3, 0.4) is 0 Å². The predicted octanol–water partition coefficient (Wildman–Crippen LogP) is 2.59. The molecule has 0 spiro atoms. The smallest absolute Gasteiger partial charge is 0.161 e. The molecule has 104 valence electrons. The Bertz CT molecular complexity index is 475. The van der Waals surface area contributed by atoms with Gasteiger partial charge in [0, 0.05) is 18.8 Å². The van der Waals surface area contributed by atoms with Crippen molar-refractivity contribution in [1.29, 1.82) is 0 Å². The number of benzene rings is 1. The SMILES string of the molecule is COc1cc(C)c(CSC2=NCCCN2)cc1OC. The van der Waals surface area contributed by atoms with Crippen molar-refractivity contribution in [1.82, 2.24) is 5.32 Å². The topological polar surface area (TPSA) is 42.8 Å². The number of nitrogens with zero attached hydrogens (tertiary/aromatic N) is 1. The van der Waals surface area contributed by atoms with Crippen LogP contribution in [0.25, 0.3) is 0 Å². The zero-order valence-corrected chi connectivity index (χ0v) is 12.5. The van der Waals surface area contributed by atoms with Crippen LogP contribution in [0.1, 0.15) is 17.5 Å². The van der Waals surface area contributed by atoms with Crippen LogP contribution in [-0.2, 0) is 5.75 Å². The van der Waals surface area contributed by atoms with Gasteiger partial charge in [-0.05, 0) is 36.6 Å². The number of rotatable bonds is 4. The van der Waals surface area contributed by atoms with E-state index < -0.39 is 0 Å². The van der Waals surface area contributed by atoms with Crippen LogP contribution < -0.4 is 14.8 Å². The first-order valence-electron chi connectivity index (χ1n) is 6.37. The molecule has 1 aliphatic rings. The van der Waals surface area contributed by atoms with Gasteiger partial charge in [-0.15, -0.1) is 0 Å². The van der Waals surface area contributed by atoms with Crippen molar-refractivity contribution in [2.75, 3.05) is 27.3 Å². The van der Waals surface area contributed by atoms with Crippen molar-refractivity contribution in [3.8, 4) is 11.5 Å². The molecule has 5 heteroatoms. The van der Waals surface area contributed by atoms with Crippen molar-refractivity contribution in [3.63, 3.8) is 0 Å². The monoisotopic (exact) mass is 280 g/mol. The quantitative estimate of drug-likeness (QED) is 0.920. The number of methoxy groups -OCH3 is 2. The predicted molar refractivity (Wildman–Crippen MR) is 80.5 cm³/mol. The van der Waals surface area contributed by atoms with Crippen LogP contribution >= 0.6 is 11.8 Å². The second kappa shape index (κ2) is 6.70. The van der Waals surface area contributed by atoms with E-state index in [9.17, 15) is 0 Å². The molecule has 0 saturated carbocycles. The molecule has 0 unspecified atom stereocenters. The average Bonchev–Trinajstić information content (AvgIpc) is 2.46. The summed E-state index contributed by atoms with van der Waals surface area (Å²) in [6, 6.07) is 4.06. The van der Waals surface area contributed by atoms with Gasteiger partial charge in [-0.3, -0.25) is 4.99 Å². The molecule has 1 aliphatic heterocycles. The van der Waals surface area contributed by atoms with Gasteiger partial charge in [0.1, 0.15) is 0 Å². The lowest BCUT2D eigenvalue weighted by Gasteiger charge is -2.15. The Morgan fingerprint density at radius 3 is 2.63 bits per heavy atom. The molecule has 1 aromatic carbocycles. The number of aryl methyl sites for hydroxylation is 1. The molecule has 0 saturated heterocycles. The number of hydrogen-bond acceptors (Lipinski definition) is 5. The van der Waals surface area contributed by atoms with Crippen molar-refractivity contribution < 1.29 is 9.47 Å². The first-order valence-corrected chi connectivity index (χ1v) is 7.35. The molecular weight excluding hydrogens is 260 g/mol. The maximum Gasteiger partial charge on any atom is 0.161 e. The molecule has 0 fully saturated rings. The first kappa shape index (κ1) is 14.1. The highest BCUT2D eigenvalue weighted by Gasteiger charge is 2.10. The largest absolute Gasteiger partial charge is 0.493 e. The van der Waals surface area contributed by atoms with Crippen LogP contribution in [0, 0.1) is 6.92 Å². The van der Waals surface area contributed by atoms with E-state index in [0.717, 1.165) is 41.9 Å². The normalized spacial score (nSPS) is 14.6. The van der Waals surface area contributed by atoms with Gasteiger partial charge >= 0.3 is 0 Å². The van der Waals surface area contributed by atoms with E-state index in [1.165, 1.54) is 11.1 Å². The first-order chi connectivity index (χ1) is 9.24. The molecule has 0 bridgehead atoms. The Labute approximate surface area is 118 Å². The van der Waals surface area contributed by atoms with Gasteiger partial charge in [-0.1, -0.05) is 11.8 Å². The number of amidine groups is 1. The molecule has 1 N–H and O–H groups in total. The summed E-state index contributed by atoms with van der Waals surface area (Å²) in [6.07, 6.45) is 1.12. The number of hydrogen-bond donors (Lipinski definition) is 1. The number of ether oxygens (including phenoxy) is 2. The van der Waals surface area contributed by atoms with Crippen LogP contribution in [-0.4, -0.2) is 32.5 Å². The molecule has 4 nitrogen and oxygen atoms in total. The lowest BCUT2D eigenvalue weighted by atomic mass is 10.1. The highest BCUT2D eigenvalue weighted by Crippen LogP contribution is 2.32. The second-order valence-corrected chi connectivity index (χ2v) is 5.35. The minimum Gasteiger partial charge on any atom is -0.493 e. The van der Waals surface area contributed by atoms with Crippen molar-refractivity contribution in [3.05, 3.63) is 23.3 Å². The zero-order valence-electron chi connectivity index (χ0n) is 11.7. The molecule has 0 aromatic heterocycles. The second-order valence-electron chi connectivity index (χ2n) is 4.39. The fourth-order valence-corrected chi connectivity index (χ4v) is 2.92. The summed E-state index contributed by atoms with van der Waals surface area (Å²) in [5.41, 5.74) is 2.46. The summed E-state index contributed by atoms with van der Waals surface area (Å²) < 4.78 is 10.6. The van der Waals surface area contributed by atoms with Crippen molar-refractivity contribution in [2.45, 2.75) is 19.1 Å². The zero-order chi connectivity index (χ0) is 13.7. The number of thioether (sulfide) groups is 1. The standard InChI is InChI=1S/C14H20N2O2S/c1-10-7-12(17-2)13(18-3)8-11(10)9-19-14-15-5-4-6-16-14/h7-8H,4-6,9H2,1-3H3,(H,15,16). The summed E-state index contributed by atoms with van der Waals surface area (Å²) in [6.45, 7) is 4.05. The third kappa shape index (κ3) is 3.56. The lowest BCUT2D eigenvalue weighted by molar-refractivity contribution is 0.354. The van der Waals surface area contributed by atoms with E-state index in [0.29, 0.717) is 0 Å². The van der Waals surface area contributed by atoms with E-state index in [-0.39, 0.29) is 0 Å². The minimum atomic E-state index is 0.780. The molecule has 0 radical (unpaired) electrons. The number of nitrogens with one attached hydrogen (secondary N) is 1. The van der Waals surface area contributed by atoms with E-state index in [1.54, 1.807) is 26.0 Å². The van der Waals surface area contributed by atoms with E-state index in [1.807, 2.05) is 12.1 Å². The fraction of sp³-hybridized carbons (Fsp3) is 0.500. The molecular formula is C14H20N2O2S. The van der Waals surface area contributed by atoms with Crippen LogP contribution in [0.2, 0.25) is 0 Å². The van der Waals surface area contributed by atoms with Crippen LogP contribution in [0.5, 0.6) is 11.5 Å². The summed E-state index contributed by atoms with van der Waals surface area (Å²) in [7, 11) is 3.32. The molecule has 0 atom stereocenters. The van der Waals surface area contributed by atoms with E-state index >= 15 is 0 Å². The van der Waals surface area contributed by atoms with E-state index in [4.69, 9.17) is 9.47 Å². The van der Waals surface area contributed by atoms with Gasteiger partial charge in [0.15, 0.2) is 16.7 Å². The van der Waals surface area contributed by atoms with Gasteiger partial charge in [0.05, 0.1) is 14.2 Å². The van der Waals surface area contributed by atoms with Crippen molar-refractivity contribution >= 4 is 16.9 Å². The molecule has 0 amide bonds. The van der Waals surface area contributed by atoms with Gasteiger partial charge in [-0.2, -0.15) is 0 Å². The van der Waals surface area contributed by atoms with Gasteiger partial charge < -0.3 is 14.8 Å². The molecule has 1 aromatic rings. The molecule has 19 heavy (non-hydrogen) atoms. The summed E-state index contributed by atoms with van der Waals surface area (Å²) in [5.74, 6) is 2.45. The summed E-state index contributed by atoms with van der Waals surface area (Å²) >= 11 is 1.74. The highest BCUT2D eigenvalue weighted by molar-refractivity contribution is 8.13. The Morgan fingerprint density at radius 1 is 1.26 bits per heavy atom. The van der Waals surface area contributed by atoms with Crippen LogP contribution in [0.15, 0.2) is 17.1 Å². The van der Waals surface area contributed by atoms with Gasteiger partial charge in [-0.25, -0.2) is 0 Å². The summed E-state index contributed by atoms with van der Waals surface area (Å²) in [4.78, 5) is 4.46. The Balaban J connectivity index is 2.09. The highest BCUT2D eigenvalue weighted by atomic mass is 32.2. The Morgan fingerprint density at radius 2 is 2.00 bits per heavy atom. The maximum atomic E-state index is 5.34. The third-order valence-corrected chi connectivity index (χ3v) is 4.08. The number of aliphatic imine (C=N–C) groups is 1. The maximum absolute atomic E-state index is 5.34. The summed E-state index contributed by atoms with van der Waals surface area (Å²) in [5, 5.41) is 4.36. The van der Waals surface area contributed by atoms with E-state index in [2.05, 4.69) is 17.2 Å². The Kier molecular flexibility index (Phi) is 4.96. The minimum absolute atomic E-state index is 0.780. The van der Waals surface area contributed by atoms with Gasteiger partial charge in [0.2, 0.25) is 0 Å². The third-order valence-electron chi connectivity index (χ3n) is 3.07. The van der Waals surface area contributed by atoms with Crippen LogP contribution in [0.4, 0.5) is 0 Å². The molecule has 2 rings (SSSR count). The van der Waals surface area contributed by atoms with Gasteiger partial charge in [0.25, 0.3) is 0 Å².